The molecule has 2 aromatic rings. The van der Waals surface area contributed by atoms with Gasteiger partial charge in [0.25, 0.3) is 15.9 Å². The van der Waals surface area contributed by atoms with E-state index in [0.29, 0.717) is 10.7 Å². The third-order valence-corrected chi connectivity index (χ3v) is 6.07. The Balaban J connectivity index is 2.22. The molecule has 2 rings (SSSR count). The normalized spacial score (nSPS) is 12.7. The quantitative estimate of drug-likeness (QED) is 0.675. The van der Waals surface area contributed by atoms with Gasteiger partial charge in [-0.05, 0) is 64.1 Å². The van der Waals surface area contributed by atoms with Gasteiger partial charge < -0.3 is 10.1 Å². The second-order valence-electron chi connectivity index (χ2n) is 7.77. The molecule has 1 N–H and O–H groups in total. The highest BCUT2D eigenvalue weighted by Gasteiger charge is 2.25. The zero-order valence-electron chi connectivity index (χ0n) is 17.5. The number of benzene rings is 2. The van der Waals surface area contributed by atoms with Crippen LogP contribution in [0.25, 0.3) is 0 Å². The third-order valence-electron chi connectivity index (χ3n) is 4.05. The van der Waals surface area contributed by atoms with Gasteiger partial charge in [-0.15, -0.1) is 0 Å². The molecule has 9 heteroatoms. The van der Waals surface area contributed by atoms with Crippen LogP contribution in [0.15, 0.2) is 53.4 Å². The van der Waals surface area contributed by atoms with Crippen molar-refractivity contribution in [2.75, 3.05) is 11.4 Å². The third kappa shape index (κ3) is 5.96. The van der Waals surface area contributed by atoms with Gasteiger partial charge in [0, 0.05) is 17.6 Å². The van der Waals surface area contributed by atoms with Crippen LogP contribution < -0.4 is 9.62 Å². The predicted octanol–water partition coefficient (Wildman–Crippen LogP) is 3.63. The Morgan fingerprint density at radius 1 is 1.10 bits per heavy atom. The molecule has 0 heterocycles. The minimum Gasteiger partial charge on any atom is -0.449 e. The molecule has 2 aromatic carbocycles. The van der Waals surface area contributed by atoms with Crippen molar-refractivity contribution in [1.82, 2.24) is 5.32 Å². The SMILES string of the molecule is CC(OC(=O)c1cccc(S(=O)(=O)N(C)c2cccc(Cl)c2)c1)C(=O)NC(C)(C)C. The maximum Gasteiger partial charge on any atom is 0.338 e. The molecule has 0 radical (unpaired) electrons. The number of nitrogens with one attached hydrogen (secondary N) is 1. The Morgan fingerprint density at radius 3 is 2.33 bits per heavy atom. The van der Waals surface area contributed by atoms with E-state index in [1.54, 1.807) is 18.2 Å². The molecule has 0 saturated carbocycles. The van der Waals surface area contributed by atoms with Gasteiger partial charge in [0.1, 0.15) is 0 Å². The summed E-state index contributed by atoms with van der Waals surface area (Å²) in [6, 6.07) is 11.9. The number of hydrogen-bond donors (Lipinski definition) is 1. The van der Waals surface area contributed by atoms with Crippen LogP contribution in [0.1, 0.15) is 38.1 Å². The molecule has 0 saturated heterocycles. The first-order chi connectivity index (χ1) is 13.8. The van der Waals surface area contributed by atoms with Crippen molar-refractivity contribution in [3.63, 3.8) is 0 Å². The average molecular weight is 453 g/mol. The number of nitrogens with zero attached hydrogens (tertiary/aromatic N) is 1. The smallest absolute Gasteiger partial charge is 0.338 e. The van der Waals surface area contributed by atoms with Gasteiger partial charge in [-0.2, -0.15) is 0 Å². The molecule has 1 atom stereocenters. The number of hydrogen-bond acceptors (Lipinski definition) is 5. The standard InChI is InChI=1S/C21H25ClN2O5S/c1-14(19(25)23-21(2,3)4)29-20(26)15-8-6-11-18(12-15)30(27,28)24(5)17-10-7-9-16(22)13-17/h6-14H,1-5H3,(H,23,25). The topological polar surface area (TPSA) is 92.8 Å². The zero-order chi connectivity index (χ0) is 22.7. The molecule has 30 heavy (non-hydrogen) atoms. The van der Waals surface area contributed by atoms with Crippen LogP contribution in [0.2, 0.25) is 5.02 Å². The van der Waals surface area contributed by atoms with E-state index in [4.69, 9.17) is 16.3 Å². The second-order valence-corrected chi connectivity index (χ2v) is 10.2. The first kappa shape index (κ1) is 23.7. The van der Waals surface area contributed by atoms with E-state index in [-0.39, 0.29) is 10.5 Å². The molecule has 1 unspecified atom stereocenters. The van der Waals surface area contributed by atoms with Crippen molar-refractivity contribution in [1.29, 1.82) is 0 Å². The minimum absolute atomic E-state index is 0.0194. The molecule has 7 nitrogen and oxygen atoms in total. The molecular formula is C21H25ClN2O5S. The predicted molar refractivity (Wildman–Crippen MR) is 116 cm³/mol. The molecule has 162 valence electrons. The van der Waals surface area contributed by atoms with Crippen molar-refractivity contribution < 1.29 is 22.7 Å². The number of halogens is 1. The summed E-state index contributed by atoms with van der Waals surface area (Å²) in [5.41, 5.74) is -0.0784. The fourth-order valence-electron chi connectivity index (χ4n) is 2.51. The molecule has 0 aliphatic heterocycles. The Labute approximate surface area is 182 Å². The Morgan fingerprint density at radius 2 is 1.73 bits per heavy atom. The molecule has 0 spiro atoms. The molecule has 1 amide bonds. The molecule has 0 fully saturated rings. The summed E-state index contributed by atoms with van der Waals surface area (Å²) >= 11 is 5.95. The highest BCUT2D eigenvalue weighted by atomic mass is 35.5. The number of carbonyl (C=O) groups is 2. The van der Waals surface area contributed by atoms with Crippen molar-refractivity contribution in [3.05, 3.63) is 59.1 Å². The lowest BCUT2D eigenvalue weighted by Crippen LogP contribution is -2.46. The summed E-state index contributed by atoms with van der Waals surface area (Å²) in [5.74, 6) is -1.24. The van der Waals surface area contributed by atoms with Gasteiger partial charge in [-0.3, -0.25) is 9.10 Å². The summed E-state index contributed by atoms with van der Waals surface area (Å²) in [4.78, 5) is 24.5. The summed E-state index contributed by atoms with van der Waals surface area (Å²) in [5, 5.41) is 3.12. The molecule has 0 bridgehead atoms. The van der Waals surface area contributed by atoms with Crippen LogP contribution in [0, 0.1) is 0 Å². The number of esters is 1. The monoisotopic (exact) mass is 452 g/mol. The van der Waals surface area contributed by atoms with Gasteiger partial charge >= 0.3 is 5.97 Å². The van der Waals surface area contributed by atoms with Crippen LogP contribution in [-0.4, -0.2) is 39.0 Å². The Hall–Kier alpha value is -2.58. The van der Waals surface area contributed by atoms with Crippen LogP contribution in [0.3, 0.4) is 0 Å². The van der Waals surface area contributed by atoms with E-state index in [9.17, 15) is 18.0 Å². The molecule has 0 aromatic heterocycles. The lowest BCUT2D eigenvalue weighted by atomic mass is 10.1. The second kappa shape index (κ2) is 9.06. The fourth-order valence-corrected chi connectivity index (χ4v) is 3.92. The zero-order valence-corrected chi connectivity index (χ0v) is 19.0. The number of rotatable bonds is 6. The van der Waals surface area contributed by atoms with E-state index in [0.717, 1.165) is 4.31 Å². The van der Waals surface area contributed by atoms with Crippen LogP contribution >= 0.6 is 11.6 Å². The van der Waals surface area contributed by atoms with Crippen LogP contribution in [-0.2, 0) is 19.6 Å². The molecular weight excluding hydrogens is 428 g/mol. The van der Waals surface area contributed by atoms with Gasteiger partial charge in [0.05, 0.1) is 16.1 Å². The van der Waals surface area contributed by atoms with E-state index < -0.39 is 33.5 Å². The highest BCUT2D eigenvalue weighted by molar-refractivity contribution is 7.92. The largest absolute Gasteiger partial charge is 0.449 e. The number of amides is 1. The van der Waals surface area contributed by atoms with Crippen LogP contribution in [0.5, 0.6) is 0 Å². The number of ether oxygens (including phenoxy) is 1. The maximum atomic E-state index is 13.0. The first-order valence-electron chi connectivity index (χ1n) is 9.19. The van der Waals surface area contributed by atoms with Gasteiger partial charge in [0.15, 0.2) is 6.10 Å². The number of carbonyl (C=O) groups excluding carboxylic acids is 2. The van der Waals surface area contributed by atoms with E-state index in [2.05, 4.69) is 5.32 Å². The van der Waals surface area contributed by atoms with E-state index >= 15 is 0 Å². The summed E-state index contributed by atoms with van der Waals surface area (Å²) in [6.45, 7) is 6.88. The van der Waals surface area contributed by atoms with Crippen molar-refractivity contribution >= 4 is 39.2 Å². The minimum atomic E-state index is -3.95. The van der Waals surface area contributed by atoms with E-state index in [1.165, 1.54) is 44.3 Å². The highest BCUT2D eigenvalue weighted by Crippen LogP contribution is 2.25. The van der Waals surface area contributed by atoms with Crippen molar-refractivity contribution in [2.24, 2.45) is 0 Å². The fraction of sp³-hybridized carbons (Fsp3) is 0.333. The molecule has 0 aliphatic rings. The first-order valence-corrected chi connectivity index (χ1v) is 11.0. The maximum absolute atomic E-state index is 13.0. The average Bonchev–Trinajstić information content (AvgIpc) is 2.66. The molecule has 0 aliphatic carbocycles. The van der Waals surface area contributed by atoms with Crippen molar-refractivity contribution in [3.8, 4) is 0 Å². The van der Waals surface area contributed by atoms with Gasteiger partial charge in [-0.1, -0.05) is 23.7 Å². The lowest BCUT2D eigenvalue weighted by Gasteiger charge is -2.23. The van der Waals surface area contributed by atoms with Crippen molar-refractivity contribution in [2.45, 2.75) is 44.2 Å². The van der Waals surface area contributed by atoms with Gasteiger partial charge in [0.2, 0.25) is 0 Å². The lowest BCUT2D eigenvalue weighted by molar-refractivity contribution is -0.130. The van der Waals surface area contributed by atoms with Crippen LogP contribution in [0.4, 0.5) is 5.69 Å². The Bertz CT molecular complexity index is 1050. The summed E-state index contributed by atoms with van der Waals surface area (Å²) in [6.07, 6.45) is -1.04. The van der Waals surface area contributed by atoms with Gasteiger partial charge in [-0.25, -0.2) is 13.2 Å². The Kier molecular flexibility index (Phi) is 7.15. The number of anilines is 1. The summed E-state index contributed by atoms with van der Waals surface area (Å²) < 4.78 is 32.2. The number of sulfonamides is 1. The summed E-state index contributed by atoms with van der Waals surface area (Å²) in [7, 11) is -2.55. The van der Waals surface area contributed by atoms with E-state index in [1.807, 2.05) is 20.8 Å².